The molecule has 2 heterocycles. The Balaban J connectivity index is 2.72. The van der Waals surface area contributed by atoms with E-state index in [4.69, 9.17) is 5.84 Å². The fraction of sp³-hybridized carbons (Fsp3) is 0.111. The number of nitrogens with zero attached hydrogens (tertiary/aromatic N) is 2. The number of nitrogens with one attached hydrogen (secondary N) is 1. The molecule has 66 valence electrons. The standard InChI is InChI=1S/C9H10N4/c1-6-7-2-3-9(13-10)12-8(7)4-5-11-6/h2-5H,10H2,1H3,(H,12,13). The van der Waals surface area contributed by atoms with Crippen LogP contribution in [0.2, 0.25) is 0 Å². The van der Waals surface area contributed by atoms with Gasteiger partial charge in [-0.05, 0) is 25.1 Å². The van der Waals surface area contributed by atoms with Crippen LogP contribution in [0.4, 0.5) is 5.82 Å². The van der Waals surface area contributed by atoms with Crippen molar-refractivity contribution >= 4 is 16.7 Å². The second-order valence-corrected chi connectivity index (χ2v) is 2.80. The number of hydrazine groups is 1. The van der Waals surface area contributed by atoms with E-state index >= 15 is 0 Å². The molecule has 3 N–H and O–H groups in total. The first-order chi connectivity index (χ1) is 6.31. The van der Waals surface area contributed by atoms with Crippen molar-refractivity contribution in [1.29, 1.82) is 0 Å². The zero-order valence-corrected chi connectivity index (χ0v) is 7.28. The number of aryl methyl sites for hydroxylation is 1. The van der Waals surface area contributed by atoms with E-state index in [9.17, 15) is 0 Å². The van der Waals surface area contributed by atoms with E-state index in [0.29, 0.717) is 5.82 Å². The summed E-state index contributed by atoms with van der Waals surface area (Å²) in [5.41, 5.74) is 4.39. The normalized spacial score (nSPS) is 10.3. The lowest BCUT2D eigenvalue weighted by Crippen LogP contribution is -2.08. The molecule has 13 heavy (non-hydrogen) atoms. The van der Waals surface area contributed by atoms with Crippen molar-refractivity contribution in [3.8, 4) is 0 Å². The van der Waals surface area contributed by atoms with Crippen LogP contribution in [-0.4, -0.2) is 9.97 Å². The molecule has 0 aliphatic rings. The van der Waals surface area contributed by atoms with Gasteiger partial charge < -0.3 is 5.43 Å². The number of nitrogens with two attached hydrogens (primary N) is 1. The van der Waals surface area contributed by atoms with E-state index in [1.165, 1.54) is 0 Å². The Morgan fingerprint density at radius 1 is 1.31 bits per heavy atom. The Kier molecular flexibility index (Phi) is 1.83. The van der Waals surface area contributed by atoms with Gasteiger partial charge in [-0.2, -0.15) is 0 Å². The van der Waals surface area contributed by atoms with Gasteiger partial charge >= 0.3 is 0 Å². The maximum Gasteiger partial charge on any atom is 0.140 e. The van der Waals surface area contributed by atoms with Gasteiger partial charge in [0.15, 0.2) is 0 Å². The van der Waals surface area contributed by atoms with Crippen molar-refractivity contribution in [1.82, 2.24) is 9.97 Å². The quantitative estimate of drug-likeness (QED) is 0.504. The molecule has 2 rings (SSSR count). The van der Waals surface area contributed by atoms with Gasteiger partial charge in [-0.3, -0.25) is 4.98 Å². The number of pyridine rings is 2. The third-order valence-corrected chi connectivity index (χ3v) is 1.96. The van der Waals surface area contributed by atoms with Gasteiger partial charge in [0.2, 0.25) is 0 Å². The summed E-state index contributed by atoms with van der Waals surface area (Å²) >= 11 is 0. The first-order valence-corrected chi connectivity index (χ1v) is 4.00. The van der Waals surface area contributed by atoms with Crippen LogP contribution < -0.4 is 11.3 Å². The third-order valence-electron chi connectivity index (χ3n) is 1.96. The van der Waals surface area contributed by atoms with Crippen molar-refractivity contribution in [2.45, 2.75) is 6.92 Å². The summed E-state index contributed by atoms with van der Waals surface area (Å²) in [5, 5.41) is 1.06. The number of fused-ring (bicyclic) bond motifs is 1. The molecule has 0 radical (unpaired) electrons. The van der Waals surface area contributed by atoms with Crippen LogP contribution in [-0.2, 0) is 0 Å². The first kappa shape index (κ1) is 7.94. The highest BCUT2D eigenvalue weighted by molar-refractivity contribution is 5.81. The maximum atomic E-state index is 5.25. The van der Waals surface area contributed by atoms with Crippen LogP contribution in [0, 0.1) is 6.92 Å². The first-order valence-electron chi connectivity index (χ1n) is 4.00. The van der Waals surface area contributed by atoms with Gasteiger partial charge in [0.1, 0.15) is 5.82 Å². The lowest BCUT2D eigenvalue weighted by Gasteiger charge is -2.02. The molecule has 0 aliphatic heterocycles. The Hall–Kier alpha value is -1.68. The van der Waals surface area contributed by atoms with Crippen LogP contribution in [0.3, 0.4) is 0 Å². The number of hydrogen-bond acceptors (Lipinski definition) is 4. The Morgan fingerprint density at radius 3 is 2.92 bits per heavy atom. The minimum atomic E-state index is 0.665. The predicted molar refractivity (Wildman–Crippen MR) is 52.1 cm³/mol. The lowest BCUT2D eigenvalue weighted by molar-refractivity contribution is 1.21. The van der Waals surface area contributed by atoms with Gasteiger partial charge in [0, 0.05) is 17.3 Å². The number of hydrogen-bond donors (Lipinski definition) is 2. The van der Waals surface area contributed by atoms with E-state index in [-0.39, 0.29) is 0 Å². The second kappa shape index (κ2) is 2.99. The fourth-order valence-electron chi connectivity index (χ4n) is 1.28. The molecule has 0 spiro atoms. The molecule has 0 amide bonds. The highest BCUT2D eigenvalue weighted by atomic mass is 15.2. The summed E-state index contributed by atoms with van der Waals surface area (Å²) < 4.78 is 0. The zero-order chi connectivity index (χ0) is 9.26. The summed E-state index contributed by atoms with van der Waals surface area (Å²) in [7, 11) is 0. The van der Waals surface area contributed by atoms with E-state index < -0.39 is 0 Å². The second-order valence-electron chi connectivity index (χ2n) is 2.80. The molecule has 2 aromatic heterocycles. The Morgan fingerprint density at radius 2 is 2.15 bits per heavy atom. The maximum absolute atomic E-state index is 5.25. The lowest BCUT2D eigenvalue weighted by atomic mass is 10.2. The molecule has 0 unspecified atom stereocenters. The average Bonchev–Trinajstić information content (AvgIpc) is 2.18. The number of anilines is 1. The SMILES string of the molecule is Cc1nccc2nc(NN)ccc12. The topological polar surface area (TPSA) is 63.8 Å². The average molecular weight is 174 g/mol. The van der Waals surface area contributed by atoms with Gasteiger partial charge in [0.05, 0.1) is 5.52 Å². The molecule has 0 saturated heterocycles. The zero-order valence-electron chi connectivity index (χ0n) is 7.28. The summed E-state index contributed by atoms with van der Waals surface area (Å²) in [6.45, 7) is 1.96. The Labute approximate surface area is 75.8 Å². The molecule has 0 aromatic carbocycles. The number of rotatable bonds is 1. The molecule has 0 fully saturated rings. The van der Waals surface area contributed by atoms with Crippen LogP contribution in [0.15, 0.2) is 24.4 Å². The van der Waals surface area contributed by atoms with Gasteiger partial charge in [-0.1, -0.05) is 0 Å². The molecule has 0 aliphatic carbocycles. The molecular weight excluding hydrogens is 164 g/mol. The van der Waals surface area contributed by atoms with Crippen molar-refractivity contribution in [3.63, 3.8) is 0 Å². The summed E-state index contributed by atoms with van der Waals surface area (Å²) in [5.74, 6) is 5.92. The summed E-state index contributed by atoms with van der Waals surface area (Å²) in [6, 6.07) is 5.65. The largest absolute Gasteiger partial charge is 0.308 e. The predicted octanol–water partition coefficient (Wildman–Crippen LogP) is 1.22. The minimum absolute atomic E-state index is 0.665. The van der Waals surface area contributed by atoms with Crippen LogP contribution in [0.25, 0.3) is 10.9 Å². The van der Waals surface area contributed by atoms with Crippen LogP contribution >= 0.6 is 0 Å². The van der Waals surface area contributed by atoms with Crippen LogP contribution in [0.1, 0.15) is 5.69 Å². The van der Waals surface area contributed by atoms with Crippen molar-refractivity contribution < 1.29 is 0 Å². The third kappa shape index (κ3) is 1.31. The molecule has 0 saturated carbocycles. The molecular formula is C9H10N4. The van der Waals surface area contributed by atoms with Crippen molar-refractivity contribution in [3.05, 3.63) is 30.1 Å². The van der Waals surface area contributed by atoms with E-state index in [2.05, 4.69) is 15.4 Å². The molecule has 4 heteroatoms. The van der Waals surface area contributed by atoms with Crippen molar-refractivity contribution in [2.24, 2.45) is 5.84 Å². The van der Waals surface area contributed by atoms with Gasteiger partial charge in [-0.25, -0.2) is 10.8 Å². The monoisotopic (exact) mass is 174 g/mol. The van der Waals surface area contributed by atoms with Crippen LogP contribution in [0.5, 0.6) is 0 Å². The smallest absolute Gasteiger partial charge is 0.140 e. The number of nitrogen functional groups attached to an aromatic ring is 1. The van der Waals surface area contributed by atoms with Gasteiger partial charge in [0.25, 0.3) is 0 Å². The molecule has 4 nitrogen and oxygen atoms in total. The van der Waals surface area contributed by atoms with Crippen molar-refractivity contribution in [2.75, 3.05) is 5.43 Å². The molecule has 0 atom stereocenters. The highest BCUT2D eigenvalue weighted by Gasteiger charge is 1.99. The highest BCUT2D eigenvalue weighted by Crippen LogP contribution is 2.15. The number of aromatic nitrogens is 2. The Bertz CT molecular complexity index is 439. The molecule has 2 aromatic rings. The molecule has 0 bridgehead atoms. The van der Waals surface area contributed by atoms with Gasteiger partial charge in [-0.15, -0.1) is 0 Å². The van der Waals surface area contributed by atoms with E-state index in [0.717, 1.165) is 16.6 Å². The van der Waals surface area contributed by atoms with E-state index in [1.54, 1.807) is 6.20 Å². The summed E-state index contributed by atoms with van der Waals surface area (Å²) in [4.78, 5) is 8.45. The fourth-order valence-corrected chi connectivity index (χ4v) is 1.28. The van der Waals surface area contributed by atoms with E-state index in [1.807, 2.05) is 25.1 Å². The minimum Gasteiger partial charge on any atom is -0.308 e. The summed E-state index contributed by atoms with van der Waals surface area (Å²) in [6.07, 6.45) is 1.74.